The minimum atomic E-state index is -0.215. The Morgan fingerprint density at radius 2 is 1.17 bits per heavy atom. The van der Waals surface area contributed by atoms with Crippen molar-refractivity contribution in [2.45, 2.75) is 68.6 Å². The summed E-state index contributed by atoms with van der Waals surface area (Å²) in [5.41, 5.74) is 0. The number of nitrogens with zero attached hydrogens (tertiary/aromatic N) is 1. The average Bonchev–Trinajstić information content (AvgIpc) is 2.41. The summed E-state index contributed by atoms with van der Waals surface area (Å²) in [6.07, 6.45) is 0. The van der Waals surface area contributed by atoms with Crippen LogP contribution in [0.3, 0.4) is 0 Å². The van der Waals surface area contributed by atoms with Crippen LogP contribution in [0.4, 0.5) is 0 Å². The van der Waals surface area contributed by atoms with Crippen molar-refractivity contribution < 1.29 is 9.59 Å². The summed E-state index contributed by atoms with van der Waals surface area (Å²) in [5.74, 6) is -0.0151. The average molecular weight is 289 g/mol. The molecule has 1 aliphatic rings. The molecule has 3 nitrogen and oxygen atoms in total. The number of amides is 2. The number of imide groups is 1. The molecule has 2 unspecified atom stereocenters. The molecule has 5 heteroatoms. The van der Waals surface area contributed by atoms with Crippen molar-refractivity contribution in [3.63, 3.8) is 0 Å². The van der Waals surface area contributed by atoms with Gasteiger partial charge in [0.1, 0.15) is 10.5 Å². The van der Waals surface area contributed by atoms with Gasteiger partial charge < -0.3 is 0 Å². The van der Waals surface area contributed by atoms with Crippen LogP contribution in [0.15, 0.2) is 0 Å². The molecule has 0 spiro atoms. The Morgan fingerprint density at radius 1 is 0.833 bits per heavy atom. The molecule has 2 amide bonds. The minimum absolute atomic E-state index is 0.00755. The van der Waals surface area contributed by atoms with Gasteiger partial charge in [0.25, 0.3) is 0 Å². The Balaban J connectivity index is 2.96. The normalized spacial score (nSPS) is 25.1. The predicted octanol–water partition coefficient (Wildman–Crippen LogP) is 2.78. The molecule has 0 aliphatic carbocycles. The van der Waals surface area contributed by atoms with E-state index in [9.17, 15) is 9.59 Å². The van der Waals surface area contributed by atoms with Gasteiger partial charge in [-0.15, -0.1) is 23.5 Å². The molecule has 2 atom stereocenters. The van der Waals surface area contributed by atoms with E-state index in [4.69, 9.17) is 0 Å². The fourth-order valence-corrected chi connectivity index (χ4v) is 4.53. The lowest BCUT2D eigenvalue weighted by Crippen LogP contribution is -2.37. The van der Waals surface area contributed by atoms with Crippen LogP contribution in [0.1, 0.15) is 41.5 Å². The van der Waals surface area contributed by atoms with Gasteiger partial charge in [-0.2, -0.15) is 0 Å². The first-order valence-corrected chi connectivity index (χ1v) is 8.32. The van der Waals surface area contributed by atoms with Crippen molar-refractivity contribution in [2.24, 2.45) is 0 Å². The standard InChI is InChI=1S/C13H23NO2S2/c1-7(2)14-12(15)10(17-8(3)4)11(13(14)16)18-9(5)6/h7-11H,1-6H3. The van der Waals surface area contributed by atoms with Crippen LogP contribution in [0.25, 0.3) is 0 Å². The van der Waals surface area contributed by atoms with Gasteiger partial charge in [0, 0.05) is 6.04 Å². The maximum atomic E-state index is 12.4. The Bertz CT molecular complexity index is 301. The first-order chi connectivity index (χ1) is 8.25. The van der Waals surface area contributed by atoms with Gasteiger partial charge in [-0.05, 0) is 24.3 Å². The second-order valence-corrected chi connectivity index (χ2v) is 8.80. The van der Waals surface area contributed by atoms with E-state index in [1.165, 1.54) is 4.90 Å². The third-order valence-corrected chi connectivity index (χ3v) is 5.39. The highest BCUT2D eigenvalue weighted by molar-refractivity contribution is 8.05. The smallest absolute Gasteiger partial charge is 0.244 e. The van der Waals surface area contributed by atoms with Crippen LogP contribution >= 0.6 is 23.5 Å². The zero-order valence-electron chi connectivity index (χ0n) is 12.0. The van der Waals surface area contributed by atoms with Gasteiger partial charge in [0.05, 0.1) is 0 Å². The van der Waals surface area contributed by atoms with Crippen molar-refractivity contribution >= 4 is 35.3 Å². The third-order valence-electron chi connectivity index (χ3n) is 2.59. The summed E-state index contributed by atoms with van der Waals surface area (Å²) < 4.78 is 0. The second kappa shape index (κ2) is 6.33. The van der Waals surface area contributed by atoms with Crippen molar-refractivity contribution in [3.05, 3.63) is 0 Å². The highest BCUT2D eigenvalue weighted by atomic mass is 32.2. The maximum Gasteiger partial charge on any atom is 0.244 e. The molecule has 1 fully saturated rings. The topological polar surface area (TPSA) is 37.4 Å². The van der Waals surface area contributed by atoms with Gasteiger partial charge in [-0.25, -0.2) is 0 Å². The molecular weight excluding hydrogens is 266 g/mol. The summed E-state index contributed by atoms with van der Waals surface area (Å²) in [7, 11) is 0. The Hall–Kier alpha value is -0.160. The van der Waals surface area contributed by atoms with Gasteiger partial charge in [-0.3, -0.25) is 14.5 Å². The fourth-order valence-electron chi connectivity index (χ4n) is 2.00. The van der Waals surface area contributed by atoms with E-state index in [1.54, 1.807) is 23.5 Å². The van der Waals surface area contributed by atoms with E-state index in [2.05, 4.69) is 27.7 Å². The van der Waals surface area contributed by atoms with Crippen LogP contribution in [-0.2, 0) is 9.59 Å². The number of rotatable bonds is 5. The Morgan fingerprint density at radius 3 is 1.39 bits per heavy atom. The van der Waals surface area contributed by atoms with Crippen LogP contribution < -0.4 is 0 Å². The third kappa shape index (κ3) is 3.44. The van der Waals surface area contributed by atoms with Crippen molar-refractivity contribution in [3.8, 4) is 0 Å². The van der Waals surface area contributed by atoms with Crippen LogP contribution in [-0.4, -0.2) is 43.8 Å². The Labute approximate surface area is 118 Å². The monoisotopic (exact) mass is 289 g/mol. The van der Waals surface area contributed by atoms with Gasteiger partial charge in [-0.1, -0.05) is 27.7 Å². The predicted molar refractivity (Wildman–Crippen MR) is 80.0 cm³/mol. The van der Waals surface area contributed by atoms with Gasteiger partial charge in [0.15, 0.2) is 0 Å². The molecule has 0 aromatic carbocycles. The molecule has 1 rings (SSSR count). The van der Waals surface area contributed by atoms with E-state index >= 15 is 0 Å². The number of likely N-dealkylation sites (tertiary alicyclic amines) is 1. The van der Waals surface area contributed by atoms with E-state index < -0.39 is 0 Å². The number of hydrogen-bond acceptors (Lipinski definition) is 4. The van der Waals surface area contributed by atoms with Crippen molar-refractivity contribution in [1.82, 2.24) is 4.90 Å². The van der Waals surface area contributed by atoms with Crippen LogP contribution in [0, 0.1) is 0 Å². The lowest BCUT2D eigenvalue weighted by molar-refractivity contribution is -0.140. The minimum Gasteiger partial charge on any atom is -0.278 e. The lowest BCUT2D eigenvalue weighted by Gasteiger charge is -2.19. The molecule has 0 saturated carbocycles. The summed E-state index contributed by atoms with van der Waals surface area (Å²) >= 11 is 3.22. The van der Waals surface area contributed by atoms with E-state index in [0.717, 1.165) is 0 Å². The molecular formula is C13H23NO2S2. The zero-order valence-corrected chi connectivity index (χ0v) is 13.6. The summed E-state index contributed by atoms with van der Waals surface area (Å²) in [6, 6.07) is -0.0435. The summed E-state index contributed by atoms with van der Waals surface area (Å²) in [4.78, 5) is 26.2. The highest BCUT2D eigenvalue weighted by Gasteiger charge is 2.49. The number of carbonyl (C=O) groups excluding carboxylic acids is 2. The number of thioether (sulfide) groups is 2. The molecule has 0 bridgehead atoms. The molecule has 0 aromatic rings. The Kier molecular flexibility index (Phi) is 5.59. The van der Waals surface area contributed by atoms with E-state index in [1.807, 2.05) is 13.8 Å². The summed E-state index contributed by atoms with van der Waals surface area (Å²) in [6.45, 7) is 12.1. The SMILES string of the molecule is CC(C)SC1C(=O)N(C(C)C)C(=O)C1SC(C)C. The number of carbonyl (C=O) groups is 2. The van der Waals surface area contributed by atoms with Gasteiger partial charge >= 0.3 is 0 Å². The summed E-state index contributed by atoms with van der Waals surface area (Å²) in [5, 5.41) is 0.280. The van der Waals surface area contributed by atoms with Crippen LogP contribution in [0.2, 0.25) is 0 Å². The van der Waals surface area contributed by atoms with E-state index in [-0.39, 0.29) is 28.4 Å². The first-order valence-electron chi connectivity index (χ1n) is 6.43. The molecule has 0 radical (unpaired) electrons. The van der Waals surface area contributed by atoms with Gasteiger partial charge in [0.2, 0.25) is 11.8 Å². The molecule has 0 aromatic heterocycles. The molecule has 0 N–H and O–H groups in total. The molecule has 1 heterocycles. The highest BCUT2D eigenvalue weighted by Crippen LogP contribution is 2.37. The van der Waals surface area contributed by atoms with Crippen molar-refractivity contribution in [1.29, 1.82) is 0 Å². The quantitative estimate of drug-likeness (QED) is 0.729. The molecule has 1 aliphatic heterocycles. The molecule has 1 saturated heterocycles. The molecule has 18 heavy (non-hydrogen) atoms. The maximum absolute atomic E-state index is 12.4. The lowest BCUT2D eigenvalue weighted by atomic mass is 10.3. The second-order valence-electron chi connectivity index (χ2n) is 5.35. The van der Waals surface area contributed by atoms with E-state index in [0.29, 0.717) is 10.5 Å². The first kappa shape index (κ1) is 15.9. The largest absolute Gasteiger partial charge is 0.278 e. The van der Waals surface area contributed by atoms with Crippen LogP contribution in [0.5, 0.6) is 0 Å². The van der Waals surface area contributed by atoms with Crippen molar-refractivity contribution in [2.75, 3.05) is 0 Å². The number of hydrogen-bond donors (Lipinski definition) is 0. The molecule has 104 valence electrons. The fraction of sp³-hybridized carbons (Fsp3) is 0.846. The zero-order chi connectivity index (χ0) is 14.0.